The minimum atomic E-state index is 0.0545. The van der Waals surface area contributed by atoms with E-state index in [2.05, 4.69) is 17.1 Å². The van der Waals surface area contributed by atoms with Gasteiger partial charge in [-0.1, -0.05) is 18.5 Å². The van der Waals surface area contributed by atoms with Crippen molar-refractivity contribution in [3.8, 4) is 5.75 Å². The fraction of sp³-hybridized carbons (Fsp3) is 0.625. The van der Waals surface area contributed by atoms with Gasteiger partial charge in [-0.25, -0.2) is 0 Å². The third-order valence-electron chi connectivity index (χ3n) is 4.30. The van der Waals surface area contributed by atoms with E-state index in [1.54, 1.807) is 0 Å². The summed E-state index contributed by atoms with van der Waals surface area (Å²) >= 11 is 0. The van der Waals surface area contributed by atoms with Crippen LogP contribution in [-0.2, 0) is 0 Å². The maximum atomic E-state index is 8.99. The van der Waals surface area contributed by atoms with Gasteiger partial charge in [0.05, 0.1) is 11.3 Å². The first-order chi connectivity index (χ1) is 10.1. The average molecular weight is 291 g/mol. The second kappa shape index (κ2) is 6.78. The van der Waals surface area contributed by atoms with Crippen LogP contribution in [0.4, 0.5) is 0 Å². The summed E-state index contributed by atoms with van der Waals surface area (Å²) in [7, 11) is 0. The molecule has 0 saturated heterocycles. The lowest BCUT2D eigenvalue weighted by atomic mass is 9.84. The van der Waals surface area contributed by atoms with Gasteiger partial charge in [-0.2, -0.15) is 0 Å². The van der Waals surface area contributed by atoms with Gasteiger partial charge in [0.2, 0.25) is 0 Å². The van der Waals surface area contributed by atoms with Gasteiger partial charge in [-0.3, -0.25) is 4.98 Å². The molecule has 1 aromatic rings. The molecular weight excluding hydrogens is 266 g/mol. The maximum absolute atomic E-state index is 8.99. The summed E-state index contributed by atoms with van der Waals surface area (Å²) in [4.78, 5) is 4.38. The molecule has 0 bridgehead atoms. The number of nitrogens with zero attached hydrogens (tertiary/aromatic N) is 2. The van der Waals surface area contributed by atoms with Crippen LogP contribution in [-0.4, -0.2) is 22.1 Å². The van der Waals surface area contributed by atoms with Crippen molar-refractivity contribution >= 4 is 5.84 Å². The molecule has 5 nitrogen and oxygen atoms in total. The number of rotatable bonds is 4. The SMILES string of the molecule is CCC1CCCCC1Oc1cc(C)nc(C)c1/C(N)=N/O. The molecule has 21 heavy (non-hydrogen) atoms. The number of hydrogen-bond donors (Lipinski definition) is 2. The van der Waals surface area contributed by atoms with Crippen LogP contribution >= 0.6 is 0 Å². The van der Waals surface area contributed by atoms with Crippen molar-refractivity contribution < 1.29 is 9.94 Å². The standard InChI is InChI=1S/C16H25N3O2/c1-4-12-7-5-6-8-13(12)21-14-9-10(2)18-11(3)15(14)16(17)19-20/h9,12-13,20H,4-8H2,1-3H3,(H2,17,19). The second-order valence-corrected chi connectivity index (χ2v) is 5.82. The number of pyridine rings is 1. The average Bonchev–Trinajstić information content (AvgIpc) is 2.46. The van der Waals surface area contributed by atoms with Gasteiger partial charge in [0, 0.05) is 11.8 Å². The van der Waals surface area contributed by atoms with E-state index in [0.29, 0.717) is 17.2 Å². The molecule has 0 aromatic carbocycles. The molecule has 1 aliphatic carbocycles. The van der Waals surface area contributed by atoms with E-state index in [0.717, 1.165) is 24.2 Å². The summed E-state index contributed by atoms with van der Waals surface area (Å²) in [5.41, 5.74) is 8.00. The Morgan fingerprint density at radius 2 is 2.14 bits per heavy atom. The van der Waals surface area contributed by atoms with Crippen molar-refractivity contribution in [2.75, 3.05) is 0 Å². The molecule has 0 spiro atoms. The minimum Gasteiger partial charge on any atom is -0.489 e. The Bertz CT molecular complexity index is 528. The van der Waals surface area contributed by atoms with Gasteiger partial charge >= 0.3 is 0 Å². The molecule has 116 valence electrons. The molecule has 1 fully saturated rings. The lowest BCUT2D eigenvalue weighted by Gasteiger charge is -2.32. The van der Waals surface area contributed by atoms with Gasteiger partial charge in [0.1, 0.15) is 11.9 Å². The van der Waals surface area contributed by atoms with Crippen LogP contribution in [0.3, 0.4) is 0 Å². The maximum Gasteiger partial charge on any atom is 0.175 e. The first-order valence-corrected chi connectivity index (χ1v) is 7.69. The van der Waals surface area contributed by atoms with E-state index in [4.69, 9.17) is 15.7 Å². The van der Waals surface area contributed by atoms with E-state index in [1.165, 1.54) is 19.3 Å². The molecule has 2 atom stereocenters. The molecule has 2 unspecified atom stereocenters. The molecule has 1 aromatic heterocycles. The smallest absolute Gasteiger partial charge is 0.175 e. The van der Waals surface area contributed by atoms with Crippen LogP contribution in [0, 0.1) is 19.8 Å². The number of aryl methyl sites for hydroxylation is 2. The van der Waals surface area contributed by atoms with Crippen molar-refractivity contribution in [1.82, 2.24) is 4.98 Å². The van der Waals surface area contributed by atoms with Gasteiger partial charge < -0.3 is 15.7 Å². The Morgan fingerprint density at radius 3 is 2.81 bits per heavy atom. The zero-order valence-corrected chi connectivity index (χ0v) is 13.1. The lowest BCUT2D eigenvalue weighted by Crippen LogP contribution is -2.31. The van der Waals surface area contributed by atoms with E-state index >= 15 is 0 Å². The summed E-state index contributed by atoms with van der Waals surface area (Å²) < 4.78 is 6.26. The Kier molecular flexibility index (Phi) is 5.04. The molecular formula is C16H25N3O2. The minimum absolute atomic E-state index is 0.0545. The third-order valence-corrected chi connectivity index (χ3v) is 4.30. The van der Waals surface area contributed by atoms with Gasteiger partial charge in [-0.15, -0.1) is 0 Å². The number of ether oxygens (including phenoxy) is 1. The number of oxime groups is 1. The quantitative estimate of drug-likeness (QED) is 0.386. The predicted molar refractivity (Wildman–Crippen MR) is 82.9 cm³/mol. The predicted octanol–water partition coefficient (Wildman–Crippen LogP) is 3.14. The molecule has 5 heteroatoms. The lowest BCUT2D eigenvalue weighted by molar-refractivity contribution is 0.0899. The number of aromatic nitrogens is 1. The van der Waals surface area contributed by atoms with Crippen LogP contribution < -0.4 is 10.5 Å². The van der Waals surface area contributed by atoms with Crippen LogP contribution in [0.1, 0.15) is 56.0 Å². The largest absolute Gasteiger partial charge is 0.489 e. The van der Waals surface area contributed by atoms with Crippen molar-refractivity contribution in [1.29, 1.82) is 0 Å². The summed E-state index contributed by atoms with van der Waals surface area (Å²) in [5.74, 6) is 1.31. The molecule has 2 rings (SSSR count). The summed E-state index contributed by atoms with van der Waals surface area (Å²) in [6.45, 7) is 5.99. The van der Waals surface area contributed by atoms with Crippen LogP contribution in [0.15, 0.2) is 11.2 Å². The molecule has 0 aliphatic heterocycles. The molecule has 3 N–H and O–H groups in total. The van der Waals surface area contributed by atoms with Crippen LogP contribution in [0.5, 0.6) is 5.75 Å². The van der Waals surface area contributed by atoms with Crippen molar-refractivity contribution in [2.24, 2.45) is 16.8 Å². The summed E-state index contributed by atoms with van der Waals surface area (Å²) in [5, 5.41) is 12.1. The normalized spacial score (nSPS) is 23.1. The number of amidine groups is 1. The van der Waals surface area contributed by atoms with E-state index in [1.807, 2.05) is 19.9 Å². The number of hydrogen-bond acceptors (Lipinski definition) is 4. The molecule has 1 saturated carbocycles. The van der Waals surface area contributed by atoms with E-state index in [-0.39, 0.29) is 11.9 Å². The fourth-order valence-electron chi connectivity index (χ4n) is 3.21. The van der Waals surface area contributed by atoms with Crippen molar-refractivity contribution in [2.45, 2.75) is 59.0 Å². The zero-order valence-electron chi connectivity index (χ0n) is 13.1. The van der Waals surface area contributed by atoms with Crippen molar-refractivity contribution in [3.05, 3.63) is 23.0 Å². The zero-order chi connectivity index (χ0) is 15.4. The summed E-state index contributed by atoms with van der Waals surface area (Å²) in [6.07, 6.45) is 6.07. The molecule has 1 aliphatic rings. The first-order valence-electron chi connectivity index (χ1n) is 7.69. The Labute approximate surface area is 126 Å². The van der Waals surface area contributed by atoms with Crippen LogP contribution in [0.2, 0.25) is 0 Å². The summed E-state index contributed by atoms with van der Waals surface area (Å²) in [6, 6.07) is 1.88. The van der Waals surface area contributed by atoms with Gasteiger partial charge in [0.15, 0.2) is 5.84 Å². The molecule has 1 heterocycles. The Hall–Kier alpha value is -1.78. The second-order valence-electron chi connectivity index (χ2n) is 5.82. The van der Waals surface area contributed by atoms with Crippen LogP contribution in [0.25, 0.3) is 0 Å². The van der Waals surface area contributed by atoms with E-state index in [9.17, 15) is 0 Å². The number of nitrogens with two attached hydrogens (primary N) is 1. The highest BCUT2D eigenvalue weighted by molar-refractivity contribution is 6.00. The van der Waals surface area contributed by atoms with Gasteiger partial charge in [0.25, 0.3) is 0 Å². The third kappa shape index (κ3) is 3.46. The topological polar surface area (TPSA) is 80.7 Å². The highest BCUT2D eigenvalue weighted by Gasteiger charge is 2.27. The Morgan fingerprint density at radius 1 is 1.43 bits per heavy atom. The highest BCUT2D eigenvalue weighted by Crippen LogP contribution is 2.32. The first kappa shape index (κ1) is 15.6. The Balaban J connectivity index is 2.34. The van der Waals surface area contributed by atoms with Crippen molar-refractivity contribution in [3.63, 3.8) is 0 Å². The highest BCUT2D eigenvalue weighted by atomic mass is 16.5. The van der Waals surface area contributed by atoms with E-state index < -0.39 is 0 Å². The molecule has 0 radical (unpaired) electrons. The monoisotopic (exact) mass is 291 g/mol. The molecule has 0 amide bonds. The fourth-order valence-corrected chi connectivity index (χ4v) is 3.21. The van der Waals surface area contributed by atoms with Gasteiger partial charge in [-0.05, 0) is 45.4 Å².